The summed E-state index contributed by atoms with van der Waals surface area (Å²) < 4.78 is 7.30. The van der Waals surface area contributed by atoms with Gasteiger partial charge < -0.3 is 4.74 Å². The Bertz CT molecular complexity index is 937. The second-order valence-electron chi connectivity index (χ2n) is 7.23. The number of carbonyl (C=O) groups excluding carboxylic acids is 1. The van der Waals surface area contributed by atoms with Crippen molar-refractivity contribution in [3.05, 3.63) is 76.4 Å². The molecule has 0 fully saturated rings. The second kappa shape index (κ2) is 6.96. The van der Waals surface area contributed by atoms with Crippen LogP contribution in [0.3, 0.4) is 0 Å². The number of hydrogen-bond acceptors (Lipinski definition) is 3. The largest absolute Gasteiger partial charge is 0.404 e. The predicted molar refractivity (Wildman–Crippen MR) is 103 cm³/mol. The van der Waals surface area contributed by atoms with E-state index < -0.39 is 5.97 Å². The first-order valence-electron chi connectivity index (χ1n) is 8.40. The quantitative estimate of drug-likeness (QED) is 0.585. The topological polar surface area (TPSA) is 44.1 Å². The minimum absolute atomic E-state index is 0.179. The Morgan fingerprint density at radius 3 is 2.35 bits per heavy atom. The molecule has 0 spiro atoms. The molecule has 26 heavy (non-hydrogen) atoms. The molecule has 5 heteroatoms. The third kappa shape index (κ3) is 3.81. The van der Waals surface area contributed by atoms with Gasteiger partial charge in [0.2, 0.25) is 5.88 Å². The fourth-order valence-corrected chi connectivity index (χ4v) is 2.66. The molecule has 0 N–H and O–H groups in total. The highest BCUT2D eigenvalue weighted by molar-refractivity contribution is 6.33. The third-order valence-electron chi connectivity index (χ3n) is 4.01. The molecule has 0 saturated heterocycles. The van der Waals surface area contributed by atoms with Crippen LogP contribution in [0.1, 0.15) is 42.4 Å². The molecule has 0 unspecified atom stereocenters. The standard InChI is InChI=1S/C21H21ClN2O2/c1-14-9-11-15(12-10-14)24-19(13-18(23-24)21(2,3)4)26-20(25)16-7-5-6-8-17(16)22/h5-13H,1-4H3. The number of aromatic nitrogens is 2. The maximum absolute atomic E-state index is 12.6. The predicted octanol–water partition coefficient (Wildman–Crippen LogP) is 5.35. The molecular formula is C21H21ClN2O2. The molecule has 4 nitrogen and oxygen atoms in total. The molecule has 0 aliphatic rings. The lowest BCUT2D eigenvalue weighted by molar-refractivity contribution is 0.0723. The van der Waals surface area contributed by atoms with E-state index in [9.17, 15) is 4.79 Å². The summed E-state index contributed by atoms with van der Waals surface area (Å²) in [6.07, 6.45) is 0. The van der Waals surface area contributed by atoms with Crippen LogP contribution in [0.4, 0.5) is 0 Å². The summed E-state index contributed by atoms with van der Waals surface area (Å²) in [7, 11) is 0. The van der Waals surface area contributed by atoms with Crippen molar-refractivity contribution in [2.24, 2.45) is 0 Å². The van der Waals surface area contributed by atoms with Crippen LogP contribution in [0.25, 0.3) is 5.69 Å². The highest BCUT2D eigenvalue weighted by Gasteiger charge is 2.23. The van der Waals surface area contributed by atoms with E-state index in [0.29, 0.717) is 16.5 Å². The molecule has 1 aromatic heterocycles. The summed E-state index contributed by atoms with van der Waals surface area (Å²) in [5, 5.41) is 5.01. The minimum atomic E-state index is -0.510. The Labute approximate surface area is 158 Å². The SMILES string of the molecule is Cc1ccc(-n2nc(C(C)(C)C)cc2OC(=O)c2ccccc2Cl)cc1. The monoisotopic (exact) mass is 368 g/mol. The first kappa shape index (κ1) is 18.2. The number of nitrogens with zero attached hydrogens (tertiary/aromatic N) is 2. The van der Waals surface area contributed by atoms with Crippen molar-refractivity contribution in [2.75, 3.05) is 0 Å². The Hall–Kier alpha value is -2.59. The van der Waals surface area contributed by atoms with Gasteiger partial charge in [0.1, 0.15) is 0 Å². The van der Waals surface area contributed by atoms with E-state index in [2.05, 4.69) is 25.9 Å². The number of ether oxygens (including phenoxy) is 1. The molecule has 0 radical (unpaired) electrons. The molecule has 0 atom stereocenters. The normalized spacial score (nSPS) is 11.4. The minimum Gasteiger partial charge on any atom is -0.404 e. The summed E-state index contributed by atoms with van der Waals surface area (Å²) in [5.74, 6) is -0.145. The summed E-state index contributed by atoms with van der Waals surface area (Å²) >= 11 is 6.11. The Morgan fingerprint density at radius 1 is 1.08 bits per heavy atom. The fraction of sp³-hybridized carbons (Fsp3) is 0.238. The molecule has 0 aliphatic heterocycles. The molecule has 1 heterocycles. The van der Waals surface area contributed by atoms with E-state index in [1.54, 1.807) is 35.0 Å². The summed E-state index contributed by atoms with van der Waals surface area (Å²) in [5.41, 5.74) is 2.95. The number of halogens is 1. The van der Waals surface area contributed by atoms with Crippen molar-refractivity contribution < 1.29 is 9.53 Å². The van der Waals surface area contributed by atoms with Gasteiger partial charge in [-0.1, -0.05) is 62.2 Å². The molecule has 3 rings (SSSR count). The van der Waals surface area contributed by atoms with E-state index in [4.69, 9.17) is 16.3 Å². The Balaban J connectivity index is 2.02. The van der Waals surface area contributed by atoms with Gasteiger partial charge in [-0.25, -0.2) is 9.48 Å². The van der Waals surface area contributed by atoms with Crippen molar-refractivity contribution in [1.29, 1.82) is 0 Å². The maximum Gasteiger partial charge on any atom is 0.346 e. The van der Waals surface area contributed by atoms with Crippen molar-refractivity contribution in [3.63, 3.8) is 0 Å². The average Bonchev–Trinajstić information content (AvgIpc) is 3.00. The van der Waals surface area contributed by atoms with Crippen LogP contribution in [0.2, 0.25) is 5.02 Å². The maximum atomic E-state index is 12.6. The first-order valence-corrected chi connectivity index (χ1v) is 8.78. The van der Waals surface area contributed by atoms with Gasteiger partial charge in [-0.2, -0.15) is 5.10 Å². The number of hydrogen-bond donors (Lipinski definition) is 0. The zero-order valence-electron chi connectivity index (χ0n) is 15.3. The van der Waals surface area contributed by atoms with Crippen LogP contribution in [0.5, 0.6) is 5.88 Å². The Morgan fingerprint density at radius 2 is 1.73 bits per heavy atom. The highest BCUT2D eigenvalue weighted by Crippen LogP contribution is 2.28. The molecule has 0 aliphatic carbocycles. The van der Waals surface area contributed by atoms with Crippen LogP contribution in [-0.2, 0) is 5.41 Å². The van der Waals surface area contributed by atoms with Crippen molar-refractivity contribution in [3.8, 4) is 11.6 Å². The number of esters is 1. The van der Waals surface area contributed by atoms with Crippen LogP contribution in [0, 0.1) is 6.92 Å². The van der Waals surface area contributed by atoms with E-state index in [0.717, 1.165) is 16.9 Å². The van der Waals surface area contributed by atoms with Crippen molar-refractivity contribution >= 4 is 17.6 Å². The number of benzene rings is 2. The summed E-state index contributed by atoms with van der Waals surface area (Å²) in [4.78, 5) is 12.6. The molecule has 0 bridgehead atoms. The molecule has 2 aromatic carbocycles. The van der Waals surface area contributed by atoms with Gasteiger partial charge >= 0.3 is 5.97 Å². The van der Waals surface area contributed by atoms with Gasteiger partial charge in [-0.3, -0.25) is 0 Å². The van der Waals surface area contributed by atoms with E-state index in [-0.39, 0.29) is 5.41 Å². The van der Waals surface area contributed by atoms with Gasteiger partial charge in [0.15, 0.2) is 0 Å². The van der Waals surface area contributed by atoms with Crippen molar-refractivity contribution in [1.82, 2.24) is 9.78 Å². The fourth-order valence-electron chi connectivity index (χ4n) is 2.45. The van der Waals surface area contributed by atoms with E-state index in [1.807, 2.05) is 31.2 Å². The Kier molecular flexibility index (Phi) is 4.88. The molecule has 134 valence electrons. The third-order valence-corrected chi connectivity index (χ3v) is 4.34. The van der Waals surface area contributed by atoms with E-state index in [1.165, 1.54) is 0 Å². The van der Waals surface area contributed by atoms with Crippen LogP contribution in [0.15, 0.2) is 54.6 Å². The lowest BCUT2D eigenvalue weighted by Crippen LogP contribution is -2.13. The van der Waals surface area contributed by atoms with E-state index >= 15 is 0 Å². The van der Waals surface area contributed by atoms with Crippen LogP contribution in [-0.4, -0.2) is 15.7 Å². The molecular weight excluding hydrogens is 348 g/mol. The molecule has 0 saturated carbocycles. The van der Waals surface area contributed by atoms with Crippen LogP contribution < -0.4 is 4.74 Å². The van der Waals surface area contributed by atoms with Gasteiger partial charge in [-0.05, 0) is 31.2 Å². The number of carbonyl (C=O) groups is 1. The lowest BCUT2D eigenvalue weighted by atomic mass is 9.93. The van der Waals surface area contributed by atoms with Gasteiger partial charge in [0, 0.05) is 11.5 Å². The molecule has 0 amide bonds. The van der Waals surface area contributed by atoms with Crippen LogP contribution >= 0.6 is 11.6 Å². The zero-order chi connectivity index (χ0) is 18.9. The van der Waals surface area contributed by atoms with Crippen molar-refractivity contribution in [2.45, 2.75) is 33.1 Å². The number of aryl methyl sites for hydroxylation is 1. The first-order chi connectivity index (χ1) is 12.3. The average molecular weight is 369 g/mol. The highest BCUT2D eigenvalue weighted by atomic mass is 35.5. The second-order valence-corrected chi connectivity index (χ2v) is 7.64. The molecule has 3 aromatic rings. The zero-order valence-corrected chi connectivity index (χ0v) is 16.0. The van der Waals surface area contributed by atoms with Gasteiger partial charge in [0.05, 0.1) is 22.0 Å². The summed E-state index contributed by atoms with van der Waals surface area (Å²) in [6.45, 7) is 8.21. The van der Waals surface area contributed by atoms with Gasteiger partial charge in [0.25, 0.3) is 0 Å². The van der Waals surface area contributed by atoms with Gasteiger partial charge in [-0.15, -0.1) is 0 Å². The summed E-state index contributed by atoms with van der Waals surface area (Å²) in [6, 6.07) is 16.5. The lowest BCUT2D eigenvalue weighted by Gasteiger charge is -2.13. The smallest absolute Gasteiger partial charge is 0.346 e. The number of rotatable bonds is 3.